The first-order valence-corrected chi connectivity index (χ1v) is 7.98. The fraction of sp³-hybridized carbons (Fsp3) is 0.294. The average molecular weight is 302 g/mol. The van der Waals surface area contributed by atoms with Gasteiger partial charge >= 0.3 is 0 Å². The summed E-state index contributed by atoms with van der Waals surface area (Å²) in [6.07, 6.45) is -0.521. The van der Waals surface area contributed by atoms with Crippen LogP contribution in [0.25, 0.3) is 0 Å². The molecule has 1 aliphatic rings. The van der Waals surface area contributed by atoms with Crippen molar-refractivity contribution in [3.63, 3.8) is 0 Å². The molecule has 0 aromatic heterocycles. The topological polar surface area (TPSA) is 38.7 Å². The highest BCUT2D eigenvalue weighted by atomic mass is 32.2. The number of hydrogen-bond acceptors (Lipinski definition) is 4. The van der Waals surface area contributed by atoms with E-state index < -0.39 is 6.10 Å². The van der Waals surface area contributed by atoms with Crippen LogP contribution in [0.15, 0.2) is 47.4 Å². The van der Waals surface area contributed by atoms with Gasteiger partial charge in [-0.15, -0.1) is 11.8 Å². The van der Waals surface area contributed by atoms with Crippen LogP contribution in [-0.2, 0) is 0 Å². The number of benzene rings is 2. The summed E-state index contributed by atoms with van der Waals surface area (Å²) in [5.74, 6) is 2.09. The van der Waals surface area contributed by atoms with Crippen LogP contribution in [0.4, 0.5) is 0 Å². The molecule has 21 heavy (non-hydrogen) atoms. The van der Waals surface area contributed by atoms with Gasteiger partial charge in [0, 0.05) is 10.6 Å². The minimum absolute atomic E-state index is 0.521. The van der Waals surface area contributed by atoms with Gasteiger partial charge in [0.15, 0.2) is 11.5 Å². The van der Waals surface area contributed by atoms with Crippen molar-refractivity contribution >= 4 is 11.8 Å². The van der Waals surface area contributed by atoms with Gasteiger partial charge in [0.2, 0.25) is 0 Å². The van der Waals surface area contributed by atoms with Crippen molar-refractivity contribution in [1.29, 1.82) is 0 Å². The zero-order chi connectivity index (χ0) is 14.7. The molecule has 0 bridgehead atoms. The maximum absolute atomic E-state index is 10.3. The lowest BCUT2D eigenvalue weighted by molar-refractivity contribution is 0.169. The van der Waals surface area contributed by atoms with E-state index in [1.54, 1.807) is 11.8 Å². The molecule has 1 N–H and O–H groups in total. The van der Waals surface area contributed by atoms with Crippen molar-refractivity contribution in [3.8, 4) is 11.5 Å². The monoisotopic (exact) mass is 302 g/mol. The molecule has 1 aliphatic heterocycles. The third kappa shape index (κ3) is 3.52. The Balaban J connectivity index is 1.65. The highest BCUT2D eigenvalue weighted by molar-refractivity contribution is 7.99. The third-order valence-electron chi connectivity index (χ3n) is 3.38. The number of aliphatic hydroxyl groups is 1. The van der Waals surface area contributed by atoms with E-state index in [0.717, 1.165) is 22.0 Å². The van der Waals surface area contributed by atoms with Crippen molar-refractivity contribution in [2.24, 2.45) is 0 Å². The van der Waals surface area contributed by atoms with Gasteiger partial charge in [-0.3, -0.25) is 0 Å². The van der Waals surface area contributed by atoms with E-state index in [9.17, 15) is 5.11 Å². The van der Waals surface area contributed by atoms with Crippen LogP contribution in [0.1, 0.15) is 17.2 Å². The minimum atomic E-state index is -0.521. The number of fused-ring (bicyclic) bond motifs is 1. The van der Waals surface area contributed by atoms with Crippen LogP contribution in [0.5, 0.6) is 11.5 Å². The quantitative estimate of drug-likeness (QED) is 0.876. The number of ether oxygens (including phenoxy) is 2. The molecule has 0 saturated carbocycles. The molecule has 0 aliphatic carbocycles. The lowest BCUT2D eigenvalue weighted by Gasteiger charge is -2.20. The molecule has 0 radical (unpaired) electrons. The number of aryl methyl sites for hydroxylation is 1. The van der Waals surface area contributed by atoms with Crippen LogP contribution in [0, 0.1) is 6.92 Å². The van der Waals surface area contributed by atoms with Gasteiger partial charge in [-0.25, -0.2) is 0 Å². The predicted octanol–water partition coefficient (Wildman–Crippen LogP) is 3.59. The lowest BCUT2D eigenvalue weighted by Crippen LogP contribution is -2.15. The smallest absolute Gasteiger partial charge is 0.161 e. The summed E-state index contributed by atoms with van der Waals surface area (Å²) >= 11 is 1.65. The molecule has 2 aromatic rings. The molecular weight excluding hydrogens is 284 g/mol. The van der Waals surface area contributed by atoms with Crippen molar-refractivity contribution in [3.05, 3.63) is 53.6 Å². The Morgan fingerprint density at radius 1 is 1.05 bits per heavy atom. The third-order valence-corrected chi connectivity index (χ3v) is 4.47. The SMILES string of the molecule is Cc1ccc(SCC(O)c2ccc3c(c2)OCCO3)cc1. The fourth-order valence-corrected chi connectivity index (χ4v) is 3.04. The van der Waals surface area contributed by atoms with Gasteiger partial charge in [-0.05, 0) is 36.8 Å². The van der Waals surface area contributed by atoms with Gasteiger partial charge in [0.05, 0.1) is 6.10 Å². The summed E-state index contributed by atoms with van der Waals surface area (Å²) in [6, 6.07) is 14.0. The van der Waals surface area contributed by atoms with Gasteiger partial charge in [0.25, 0.3) is 0 Å². The first kappa shape index (κ1) is 14.3. The summed E-state index contributed by atoms with van der Waals surface area (Å²) in [7, 11) is 0. The van der Waals surface area contributed by atoms with Gasteiger partial charge in [-0.2, -0.15) is 0 Å². The van der Waals surface area contributed by atoms with E-state index in [0.29, 0.717) is 19.0 Å². The molecule has 4 heteroatoms. The lowest BCUT2D eigenvalue weighted by atomic mass is 10.1. The van der Waals surface area contributed by atoms with E-state index in [1.165, 1.54) is 5.56 Å². The second-order valence-corrected chi connectivity index (χ2v) is 6.14. The van der Waals surface area contributed by atoms with Crippen molar-refractivity contribution in [2.45, 2.75) is 17.9 Å². The first-order chi connectivity index (χ1) is 10.2. The number of aliphatic hydroxyl groups excluding tert-OH is 1. The average Bonchev–Trinajstić information content (AvgIpc) is 2.53. The van der Waals surface area contributed by atoms with Crippen molar-refractivity contribution < 1.29 is 14.6 Å². The predicted molar refractivity (Wildman–Crippen MR) is 84.3 cm³/mol. The Kier molecular flexibility index (Phi) is 4.36. The maximum Gasteiger partial charge on any atom is 0.161 e. The molecule has 2 aromatic carbocycles. The Morgan fingerprint density at radius 3 is 2.52 bits per heavy atom. The van der Waals surface area contributed by atoms with Crippen molar-refractivity contribution in [2.75, 3.05) is 19.0 Å². The van der Waals surface area contributed by atoms with Gasteiger partial charge < -0.3 is 14.6 Å². The molecule has 1 unspecified atom stereocenters. The molecule has 3 rings (SSSR count). The number of rotatable bonds is 4. The normalized spacial score (nSPS) is 14.8. The number of thioether (sulfide) groups is 1. The summed E-state index contributed by atoms with van der Waals surface area (Å²) < 4.78 is 11.0. The van der Waals surface area contributed by atoms with E-state index in [4.69, 9.17) is 9.47 Å². The van der Waals surface area contributed by atoms with Crippen LogP contribution in [-0.4, -0.2) is 24.1 Å². The summed E-state index contributed by atoms with van der Waals surface area (Å²) in [5.41, 5.74) is 2.10. The Hall–Kier alpha value is -1.65. The molecule has 0 fully saturated rings. The molecule has 0 saturated heterocycles. The molecule has 1 atom stereocenters. The molecule has 0 amide bonds. The highest BCUT2D eigenvalue weighted by Crippen LogP contribution is 2.34. The molecule has 1 heterocycles. The molecule has 0 spiro atoms. The number of hydrogen-bond donors (Lipinski definition) is 1. The zero-order valence-corrected chi connectivity index (χ0v) is 12.7. The second kappa shape index (κ2) is 6.41. The van der Waals surface area contributed by atoms with E-state index in [2.05, 4.69) is 31.2 Å². The highest BCUT2D eigenvalue weighted by Gasteiger charge is 2.15. The van der Waals surface area contributed by atoms with E-state index >= 15 is 0 Å². The van der Waals surface area contributed by atoms with Gasteiger partial charge in [-0.1, -0.05) is 23.8 Å². The zero-order valence-electron chi connectivity index (χ0n) is 11.9. The van der Waals surface area contributed by atoms with Crippen LogP contribution in [0.2, 0.25) is 0 Å². The van der Waals surface area contributed by atoms with Crippen molar-refractivity contribution in [1.82, 2.24) is 0 Å². The Bertz CT molecular complexity index is 610. The first-order valence-electron chi connectivity index (χ1n) is 6.99. The minimum Gasteiger partial charge on any atom is -0.486 e. The van der Waals surface area contributed by atoms with E-state index in [1.807, 2.05) is 18.2 Å². The summed E-state index contributed by atoms with van der Waals surface area (Å²) in [4.78, 5) is 1.16. The summed E-state index contributed by atoms with van der Waals surface area (Å²) in [6.45, 7) is 3.21. The second-order valence-electron chi connectivity index (χ2n) is 5.04. The van der Waals surface area contributed by atoms with Crippen LogP contribution in [0.3, 0.4) is 0 Å². The summed E-state index contributed by atoms with van der Waals surface area (Å²) in [5, 5.41) is 10.3. The van der Waals surface area contributed by atoms with Crippen LogP contribution < -0.4 is 9.47 Å². The molecule has 3 nitrogen and oxygen atoms in total. The fourth-order valence-electron chi connectivity index (χ4n) is 2.17. The Labute approximate surface area is 128 Å². The van der Waals surface area contributed by atoms with Crippen LogP contribution >= 0.6 is 11.8 Å². The standard InChI is InChI=1S/C17H18O3S/c1-12-2-5-14(6-3-12)21-11-15(18)13-4-7-16-17(10-13)20-9-8-19-16/h2-7,10,15,18H,8-9,11H2,1H3. The molecule has 110 valence electrons. The van der Waals surface area contributed by atoms with E-state index in [-0.39, 0.29) is 0 Å². The maximum atomic E-state index is 10.3. The molecular formula is C17H18O3S. The van der Waals surface area contributed by atoms with Gasteiger partial charge in [0.1, 0.15) is 13.2 Å². The Morgan fingerprint density at radius 2 is 1.76 bits per heavy atom. The largest absolute Gasteiger partial charge is 0.486 e.